The summed E-state index contributed by atoms with van der Waals surface area (Å²) in [6.45, 7) is 1.65. The first-order valence-corrected chi connectivity index (χ1v) is 9.38. The fourth-order valence-corrected chi connectivity index (χ4v) is 3.35. The Morgan fingerprint density at radius 3 is 2.79 bits per heavy atom. The lowest BCUT2D eigenvalue weighted by molar-refractivity contribution is 0.0683. The topological polar surface area (TPSA) is 80.4 Å². The molecule has 0 saturated carbocycles. The molecule has 2 aromatic heterocycles. The van der Waals surface area contributed by atoms with Gasteiger partial charge in [0.2, 0.25) is 0 Å². The lowest BCUT2D eigenvalue weighted by atomic mass is 10.2. The van der Waals surface area contributed by atoms with Crippen LogP contribution in [0.25, 0.3) is 0 Å². The number of carbonyl (C=O) groups is 2. The van der Waals surface area contributed by atoms with Gasteiger partial charge in [0.25, 0.3) is 11.8 Å². The summed E-state index contributed by atoms with van der Waals surface area (Å²) in [6.07, 6.45) is 1.54. The summed E-state index contributed by atoms with van der Waals surface area (Å²) >= 11 is 12.0. The number of hydrogen-bond donors (Lipinski definition) is 1. The van der Waals surface area contributed by atoms with E-state index in [0.29, 0.717) is 41.1 Å². The Balaban J connectivity index is 1.45. The predicted molar refractivity (Wildman–Crippen MR) is 103 cm³/mol. The van der Waals surface area contributed by atoms with E-state index in [2.05, 4.69) is 10.4 Å². The van der Waals surface area contributed by atoms with E-state index in [9.17, 15) is 9.59 Å². The SMILES string of the molecule is O=C(NCc1ccco1)c1cc2n(n1)CCN(Cc1ccc(Cl)c(Cl)c1)C2=O. The fourth-order valence-electron chi connectivity index (χ4n) is 3.03. The smallest absolute Gasteiger partial charge is 0.272 e. The summed E-state index contributed by atoms with van der Waals surface area (Å²) in [5, 5.41) is 7.90. The molecular weight excluding hydrogens is 403 g/mol. The molecule has 2 amide bonds. The van der Waals surface area contributed by atoms with Crippen molar-refractivity contribution < 1.29 is 14.0 Å². The minimum absolute atomic E-state index is 0.185. The molecule has 0 unspecified atom stereocenters. The molecule has 3 aromatic rings. The molecule has 1 aliphatic rings. The molecule has 0 fully saturated rings. The molecule has 1 aliphatic heterocycles. The predicted octanol–water partition coefficient (Wildman–Crippen LogP) is 3.37. The van der Waals surface area contributed by atoms with Crippen LogP contribution in [0.2, 0.25) is 10.0 Å². The fraction of sp³-hybridized carbons (Fsp3) is 0.211. The van der Waals surface area contributed by atoms with Gasteiger partial charge in [0.05, 0.1) is 29.4 Å². The highest BCUT2D eigenvalue weighted by atomic mass is 35.5. The monoisotopic (exact) mass is 418 g/mol. The maximum atomic E-state index is 12.8. The Morgan fingerprint density at radius 1 is 1.18 bits per heavy atom. The van der Waals surface area contributed by atoms with Gasteiger partial charge in [-0.3, -0.25) is 14.3 Å². The molecule has 7 nitrogen and oxygen atoms in total. The molecule has 144 valence electrons. The van der Waals surface area contributed by atoms with E-state index >= 15 is 0 Å². The number of fused-ring (bicyclic) bond motifs is 1. The van der Waals surface area contributed by atoms with Crippen LogP contribution in [-0.2, 0) is 19.6 Å². The van der Waals surface area contributed by atoms with Gasteiger partial charge in [-0.1, -0.05) is 29.3 Å². The van der Waals surface area contributed by atoms with Crippen molar-refractivity contribution >= 4 is 35.0 Å². The van der Waals surface area contributed by atoms with Crippen molar-refractivity contribution in [2.45, 2.75) is 19.6 Å². The van der Waals surface area contributed by atoms with Crippen molar-refractivity contribution in [2.24, 2.45) is 0 Å². The number of aromatic nitrogens is 2. The van der Waals surface area contributed by atoms with E-state index in [1.54, 1.807) is 33.8 Å². The highest BCUT2D eigenvalue weighted by molar-refractivity contribution is 6.42. The molecule has 1 N–H and O–H groups in total. The van der Waals surface area contributed by atoms with Gasteiger partial charge in [0, 0.05) is 19.2 Å². The summed E-state index contributed by atoms with van der Waals surface area (Å²) in [7, 11) is 0. The second-order valence-corrected chi connectivity index (χ2v) is 7.19. The van der Waals surface area contributed by atoms with Crippen LogP contribution in [0, 0.1) is 0 Å². The van der Waals surface area contributed by atoms with Crippen LogP contribution in [0.15, 0.2) is 47.1 Å². The number of halogens is 2. The molecule has 0 bridgehead atoms. The molecule has 0 radical (unpaired) electrons. The first kappa shape index (κ1) is 18.6. The van der Waals surface area contributed by atoms with Gasteiger partial charge in [-0.25, -0.2) is 0 Å². The van der Waals surface area contributed by atoms with Gasteiger partial charge < -0.3 is 14.6 Å². The van der Waals surface area contributed by atoms with Crippen LogP contribution in [0.5, 0.6) is 0 Å². The third-order valence-electron chi connectivity index (χ3n) is 4.46. The molecular formula is C19H16Cl2N4O3. The van der Waals surface area contributed by atoms with E-state index < -0.39 is 0 Å². The number of amides is 2. The van der Waals surface area contributed by atoms with Crippen molar-refractivity contribution in [2.75, 3.05) is 6.54 Å². The van der Waals surface area contributed by atoms with Gasteiger partial charge in [0.15, 0.2) is 5.69 Å². The van der Waals surface area contributed by atoms with E-state index in [0.717, 1.165) is 5.56 Å². The second kappa shape index (κ2) is 7.69. The van der Waals surface area contributed by atoms with Crippen LogP contribution in [0.3, 0.4) is 0 Å². The zero-order chi connectivity index (χ0) is 19.7. The summed E-state index contributed by atoms with van der Waals surface area (Å²) < 4.78 is 6.75. The molecule has 9 heteroatoms. The van der Waals surface area contributed by atoms with Crippen molar-refractivity contribution in [3.63, 3.8) is 0 Å². The van der Waals surface area contributed by atoms with E-state index in [4.69, 9.17) is 27.6 Å². The van der Waals surface area contributed by atoms with Crippen molar-refractivity contribution in [3.8, 4) is 0 Å². The first-order valence-electron chi connectivity index (χ1n) is 8.63. The van der Waals surface area contributed by atoms with E-state index in [-0.39, 0.29) is 24.1 Å². The third-order valence-corrected chi connectivity index (χ3v) is 5.20. The largest absolute Gasteiger partial charge is 0.467 e. The molecule has 3 heterocycles. The van der Waals surface area contributed by atoms with Gasteiger partial charge in [-0.15, -0.1) is 0 Å². The normalized spacial score (nSPS) is 13.5. The minimum Gasteiger partial charge on any atom is -0.467 e. The lowest BCUT2D eigenvalue weighted by Crippen LogP contribution is -2.39. The summed E-state index contributed by atoms with van der Waals surface area (Å²) in [4.78, 5) is 26.8. The third kappa shape index (κ3) is 3.76. The number of carbonyl (C=O) groups excluding carboxylic acids is 2. The molecule has 4 rings (SSSR count). The second-order valence-electron chi connectivity index (χ2n) is 6.38. The van der Waals surface area contributed by atoms with E-state index in [1.165, 1.54) is 12.3 Å². The minimum atomic E-state index is -0.359. The number of nitrogens with zero attached hydrogens (tertiary/aromatic N) is 3. The van der Waals surface area contributed by atoms with Gasteiger partial charge in [-0.05, 0) is 29.8 Å². The highest BCUT2D eigenvalue weighted by Crippen LogP contribution is 2.24. The Hall–Kier alpha value is -2.77. The quantitative estimate of drug-likeness (QED) is 0.688. The maximum Gasteiger partial charge on any atom is 0.272 e. The number of nitrogens with one attached hydrogen (secondary N) is 1. The van der Waals surface area contributed by atoms with Gasteiger partial charge in [0.1, 0.15) is 11.5 Å². The summed E-state index contributed by atoms with van der Waals surface area (Å²) in [5.74, 6) is 0.0956. The molecule has 0 aliphatic carbocycles. The molecule has 0 spiro atoms. The number of benzene rings is 1. The average Bonchev–Trinajstić information content (AvgIpc) is 3.35. The summed E-state index contributed by atoms with van der Waals surface area (Å²) in [6, 6.07) is 10.3. The van der Waals surface area contributed by atoms with Gasteiger partial charge in [-0.2, -0.15) is 5.10 Å². The van der Waals surface area contributed by atoms with E-state index in [1.807, 2.05) is 6.07 Å². The zero-order valence-corrected chi connectivity index (χ0v) is 16.2. The Kier molecular flexibility index (Phi) is 5.11. The number of rotatable bonds is 5. The first-order chi connectivity index (χ1) is 13.5. The number of hydrogen-bond acceptors (Lipinski definition) is 4. The molecule has 0 saturated heterocycles. The zero-order valence-electron chi connectivity index (χ0n) is 14.7. The Bertz CT molecular complexity index is 1030. The van der Waals surface area contributed by atoms with Crippen LogP contribution in [-0.4, -0.2) is 33.0 Å². The maximum absolute atomic E-state index is 12.8. The Labute approximate surface area is 170 Å². The highest BCUT2D eigenvalue weighted by Gasteiger charge is 2.28. The molecule has 28 heavy (non-hydrogen) atoms. The number of furan rings is 1. The summed E-state index contributed by atoms with van der Waals surface area (Å²) in [5.41, 5.74) is 1.47. The van der Waals surface area contributed by atoms with Crippen LogP contribution < -0.4 is 5.32 Å². The van der Waals surface area contributed by atoms with Gasteiger partial charge >= 0.3 is 0 Å². The average molecular weight is 419 g/mol. The molecule has 0 atom stereocenters. The van der Waals surface area contributed by atoms with Crippen molar-refractivity contribution in [1.82, 2.24) is 20.0 Å². The lowest BCUT2D eigenvalue weighted by Gasteiger charge is -2.27. The van der Waals surface area contributed by atoms with Crippen molar-refractivity contribution in [1.29, 1.82) is 0 Å². The standard InChI is InChI=1S/C19H16Cl2N4O3/c20-14-4-3-12(8-15(14)21)11-24-5-6-25-17(19(24)27)9-16(23-25)18(26)22-10-13-2-1-7-28-13/h1-4,7-9H,5-6,10-11H2,(H,22,26). The van der Waals surface area contributed by atoms with Crippen LogP contribution in [0.4, 0.5) is 0 Å². The van der Waals surface area contributed by atoms with Crippen LogP contribution >= 0.6 is 23.2 Å². The Morgan fingerprint density at radius 2 is 2.04 bits per heavy atom. The van der Waals surface area contributed by atoms with Crippen molar-refractivity contribution in [3.05, 3.63) is 75.4 Å². The van der Waals surface area contributed by atoms with Crippen LogP contribution in [0.1, 0.15) is 32.3 Å². The molecule has 1 aromatic carbocycles.